The Hall–Kier alpha value is -1.39. The van der Waals surface area contributed by atoms with Crippen LogP contribution in [-0.2, 0) is 6.18 Å². The highest BCUT2D eigenvalue weighted by Crippen LogP contribution is 2.37. The van der Waals surface area contributed by atoms with E-state index in [9.17, 15) is 13.2 Å². The lowest BCUT2D eigenvalue weighted by atomic mass is 10.1. The molecule has 1 rings (SSSR count). The molecule has 0 aliphatic heterocycles. The van der Waals surface area contributed by atoms with E-state index >= 15 is 0 Å². The Morgan fingerprint density at radius 2 is 2.00 bits per heavy atom. The summed E-state index contributed by atoms with van der Waals surface area (Å²) in [7, 11) is 0. The number of hydrogen-bond donors (Lipinski definition) is 1. The zero-order valence-corrected chi connectivity index (χ0v) is 10.6. The monoisotopic (exact) mass is 261 g/mol. The van der Waals surface area contributed by atoms with E-state index in [2.05, 4.69) is 0 Å². The first kappa shape index (κ1) is 14.7. The summed E-state index contributed by atoms with van der Waals surface area (Å²) in [5, 5.41) is 0. The van der Waals surface area contributed by atoms with Crippen LogP contribution in [0.4, 0.5) is 18.9 Å². The van der Waals surface area contributed by atoms with E-state index in [0.717, 1.165) is 18.9 Å². The second kappa shape index (κ2) is 5.98. The molecule has 102 valence electrons. The summed E-state index contributed by atoms with van der Waals surface area (Å²) in [6, 6.07) is 3.59. The minimum Gasteiger partial charge on any atom is -0.493 e. The topological polar surface area (TPSA) is 35.2 Å². The number of rotatable bonds is 5. The summed E-state index contributed by atoms with van der Waals surface area (Å²) < 4.78 is 43.6. The quantitative estimate of drug-likeness (QED) is 0.810. The van der Waals surface area contributed by atoms with E-state index in [0.29, 0.717) is 0 Å². The lowest BCUT2D eigenvalue weighted by molar-refractivity contribution is -0.139. The minimum absolute atomic E-state index is 0.0799. The molecule has 0 saturated heterocycles. The molecule has 0 bridgehead atoms. The highest BCUT2D eigenvalue weighted by atomic mass is 19.4. The van der Waals surface area contributed by atoms with Crippen LogP contribution in [0.15, 0.2) is 18.2 Å². The van der Waals surface area contributed by atoms with Crippen molar-refractivity contribution < 1.29 is 17.9 Å². The first-order valence-corrected chi connectivity index (χ1v) is 5.94. The van der Waals surface area contributed by atoms with E-state index in [1.54, 1.807) is 0 Å². The van der Waals surface area contributed by atoms with Gasteiger partial charge in [0.15, 0.2) is 0 Å². The van der Waals surface area contributed by atoms with Crippen LogP contribution in [-0.4, -0.2) is 6.61 Å². The Labute approximate surface area is 105 Å². The summed E-state index contributed by atoms with van der Waals surface area (Å²) in [5.41, 5.74) is 4.64. The second-order valence-corrected chi connectivity index (χ2v) is 4.46. The molecule has 2 nitrogen and oxygen atoms in total. The van der Waals surface area contributed by atoms with Gasteiger partial charge in [0.1, 0.15) is 5.75 Å². The molecular weight excluding hydrogens is 243 g/mol. The third kappa shape index (κ3) is 4.13. The zero-order valence-electron chi connectivity index (χ0n) is 10.6. The van der Waals surface area contributed by atoms with Crippen LogP contribution in [0.5, 0.6) is 5.75 Å². The number of nitrogens with two attached hydrogens (primary N) is 1. The Bertz CT molecular complexity index is 390. The number of hydrogen-bond acceptors (Lipinski definition) is 2. The van der Waals surface area contributed by atoms with Gasteiger partial charge in [-0.25, -0.2) is 0 Å². The van der Waals surface area contributed by atoms with Crippen LogP contribution in [0, 0.1) is 5.92 Å². The number of anilines is 1. The summed E-state index contributed by atoms with van der Waals surface area (Å²) in [5.74, 6) is 0.0771. The number of nitrogen functional groups attached to an aromatic ring is 1. The molecule has 0 fully saturated rings. The smallest absolute Gasteiger partial charge is 0.420 e. The molecule has 0 aromatic heterocycles. The first-order valence-electron chi connectivity index (χ1n) is 5.94. The number of benzene rings is 1. The maximum absolute atomic E-state index is 12.8. The third-order valence-electron chi connectivity index (χ3n) is 2.61. The average Bonchev–Trinajstić information content (AvgIpc) is 2.26. The van der Waals surface area contributed by atoms with Crippen LogP contribution >= 0.6 is 0 Å². The summed E-state index contributed by atoms with van der Waals surface area (Å²) in [6.45, 7) is 4.26. The van der Waals surface area contributed by atoms with Crippen molar-refractivity contribution in [1.29, 1.82) is 0 Å². The van der Waals surface area contributed by atoms with E-state index in [1.165, 1.54) is 12.1 Å². The van der Waals surface area contributed by atoms with E-state index in [1.807, 2.05) is 13.8 Å². The Kier molecular flexibility index (Phi) is 4.87. The molecule has 1 atom stereocenters. The standard InChI is InChI=1S/C13H18F3NO/c1-3-4-9(2)8-18-12-6-5-10(17)7-11(12)13(14,15)16/h5-7,9H,3-4,8,17H2,1-2H3/t9-/m1/s1. The highest BCUT2D eigenvalue weighted by molar-refractivity contribution is 5.49. The maximum Gasteiger partial charge on any atom is 0.420 e. The van der Waals surface area contributed by atoms with Gasteiger partial charge in [0, 0.05) is 5.69 Å². The van der Waals surface area contributed by atoms with Crippen molar-refractivity contribution in [1.82, 2.24) is 0 Å². The third-order valence-corrected chi connectivity index (χ3v) is 2.61. The van der Waals surface area contributed by atoms with Crippen molar-refractivity contribution in [2.75, 3.05) is 12.3 Å². The molecular formula is C13H18F3NO. The highest BCUT2D eigenvalue weighted by Gasteiger charge is 2.34. The van der Waals surface area contributed by atoms with Crippen LogP contribution in [0.2, 0.25) is 0 Å². The van der Waals surface area contributed by atoms with Gasteiger partial charge in [-0.1, -0.05) is 20.3 Å². The zero-order chi connectivity index (χ0) is 13.8. The van der Waals surface area contributed by atoms with Gasteiger partial charge in [-0.3, -0.25) is 0 Å². The van der Waals surface area contributed by atoms with E-state index in [-0.39, 0.29) is 24.0 Å². The van der Waals surface area contributed by atoms with Crippen molar-refractivity contribution in [2.45, 2.75) is 32.9 Å². The Morgan fingerprint density at radius 1 is 1.33 bits per heavy atom. The van der Waals surface area contributed by atoms with Gasteiger partial charge >= 0.3 is 6.18 Å². The predicted octanol–water partition coefficient (Wildman–Crippen LogP) is 4.10. The lowest BCUT2D eigenvalue weighted by Gasteiger charge is -2.17. The molecule has 0 spiro atoms. The molecule has 1 aromatic carbocycles. The molecule has 1 aromatic rings. The Morgan fingerprint density at radius 3 is 2.56 bits per heavy atom. The van der Waals surface area contributed by atoms with Crippen LogP contribution in [0.25, 0.3) is 0 Å². The van der Waals surface area contributed by atoms with E-state index < -0.39 is 11.7 Å². The van der Waals surface area contributed by atoms with Crippen molar-refractivity contribution in [3.05, 3.63) is 23.8 Å². The van der Waals surface area contributed by atoms with Crippen molar-refractivity contribution in [3.63, 3.8) is 0 Å². The van der Waals surface area contributed by atoms with Gasteiger partial charge in [0.2, 0.25) is 0 Å². The number of ether oxygens (including phenoxy) is 1. The maximum atomic E-state index is 12.8. The molecule has 5 heteroatoms. The van der Waals surface area contributed by atoms with Crippen molar-refractivity contribution >= 4 is 5.69 Å². The minimum atomic E-state index is -4.45. The summed E-state index contributed by atoms with van der Waals surface area (Å²) >= 11 is 0. The first-order chi connectivity index (χ1) is 8.34. The molecule has 0 amide bonds. The molecule has 0 heterocycles. The molecule has 2 N–H and O–H groups in total. The predicted molar refractivity (Wildman–Crippen MR) is 65.4 cm³/mol. The fourth-order valence-electron chi connectivity index (χ4n) is 1.70. The van der Waals surface area contributed by atoms with E-state index in [4.69, 9.17) is 10.5 Å². The number of halogens is 3. The Balaban J connectivity index is 2.82. The van der Waals surface area contributed by atoms with Crippen molar-refractivity contribution in [3.8, 4) is 5.75 Å². The molecule has 18 heavy (non-hydrogen) atoms. The van der Waals surface area contributed by atoms with Gasteiger partial charge in [-0.2, -0.15) is 13.2 Å². The second-order valence-electron chi connectivity index (χ2n) is 4.46. The summed E-state index contributed by atoms with van der Waals surface area (Å²) in [6.07, 6.45) is -2.53. The van der Waals surface area contributed by atoms with Gasteiger partial charge < -0.3 is 10.5 Å². The van der Waals surface area contributed by atoms with Gasteiger partial charge in [0.25, 0.3) is 0 Å². The molecule has 0 aliphatic rings. The fourth-order valence-corrected chi connectivity index (χ4v) is 1.70. The molecule has 0 unspecified atom stereocenters. The van der Waals surface area contributed by atoms with Crippen LogP contribution in [0.1, 0.15) is 32.3 Å². The average molecular weight is 261 g/mol. The molecule has 0 radical (unpaired) electrons. The molecule has 0 aliphatic carbocycles. The van der Waals surface area contributed by atoms with Gasteiger partial charge in [-0.05, 0) is 30.5 Å². The lowest BCUT2D eigenvalue weighted by Crippen LogP contribution is -2.13. The largest absolute Gasteiger partial charge is 0.493 e. The molecule has 0 saturated carbocycles. The SMILES string of the molecule is CCC[C@@H](C)COc1ccc(N)cc1C(F)(F)F. The number of alkyl halides is 3. The fraction of sp³-hybridized carbons (Fsp3) is 0.538. The normalized spacial score (nSPS) is 13.4. The van der Waals surface area contributed by atoms with Crippen molar-refractivity contribution in [2.24, 2.45) is 5.92 Å². The van der Waals surface area contributed by atoms with Gasteiger partial charge in [-0.15, -0.1) is 0 Å². The summed E-state index contributed by atoms with van der Waals surface area (Å²) in [4.78, 5) is 0. The van der Waals surface area contributed by atoms with Crippen LogP contribution in [0.3, 0.4) is 0 Å². The van der Waals surface area contributed by atoms with Gasteiger partial charge in [0.05, 0.1) is 12.2 Å². The van der Waals surface area contributed by atoms with Crippen LogP contribution < -0.4 is 10.5 Å².